The third kappa shape index (κ3) is 3.00. The second-order valence-electron chi connectivity index (χ2n) is 3.21. The number of hydrogen-bond acceptors (Lipinski definition) is 3. The van der Waals surface area contributed by atoms with Crippen LogP contribution in [0.3, 0.4) is 0 Å². The van der Waals surface area contributed by atoms with Gasteiger partial charge in [-0.25, -0.2) is 4.98 Å². The fourth-order valence-corrected chi connectivity index (χ4v) is 1.08. The molecule has 1 heterocycles. The van der Waals surface area contributed by atoms with Crippen LogP contribution in [-0.4, -0.2) is 21.2 Å². The Labute approximate surface area is 72.6 Å². The summed E-state index contributed by atoms with van der Waals surface area (Å²) in [4.78, 5) is 4.20. The highest BCUT2D eigenvalue weighted by Crippen LogP contribution is 2.00. The smallest absolute Gasteiger partial charge is 0.150 e. The quantitative estimate of drug-likeness (QED) is 0.698. The Balaban J connectivity index is 2.24. The van der Waals surface area contributed by atoms with Crippen LogP contribution in [0.5, 0.6) is 0 Å². The molecule has 0 bridgehead atoms. The highest BCUT2D eigenvalue weighted by atomic mass is 15.2. The van der Waals surface area contributed by atoms with Crippen molar-refractivity contribution < 1.29 is 0 Å². The molecule has 1 rings (SSSR count). The monoisotopic (exact) mass is 168 g/mol. The van der Waals surface area contributed by atoms with E-state index in [0.717, 1.165) is 30.9 Å². The summed E-state index contributed by atoms with van der Waals surface area (Å²) in [5, 5.41) is 6.85. The maximum atomic E-state index is 5.61. The number of rotatable bonds is 4. The summed E-state index contributed by atoms with van der Waals surface area (Å²) in [5.74, 6) is 1.78. The minimum atomic E-state index is 0.282. The van der Waals surface area contributed by atoms with Crippen molar-refractivity contribution in [3.05, 3.63) is 11.6 Å². The molecule has 4 heteroatoms. The maximum Gasteiger partial charge on any atom is 0.150 e. The van der Waals surface area contributed by atoms with Gasteiger partial charge in [0.2, 0.25) is 0 Å². The van der Waals surface area contributed by atoms with Gasteiger partial charge in [-0.3, -0.25) is 5.10 Å². The van der Waals surface area contributed by atoms with Crippen molar-refractivity contribution in [2.75, 3.05) is 0 Å². The SMILES string of the molecule is Cc1nc(CCCC(C)N)n[nH]1. The summed E-state index contributed by atoms with van der Waals surface area (Å²) in [6.07, 6.45) is 3.02. The first-order valence-electron chi connectivity index (χ1n) is 4.32. The first kappa shape index (κ1) is 9.19. The molecule has 0 saturated carbocycles. The molecule has 0 aliphatic heterocycles. The first-order chi connectivity index (χ1) is 5.68. The van der Waals surface area contributed by atoms with E-state index in [0.29, 0.717) is 0 Å². The van der Waals surface area contributed by atoms with E-state index in [-0.39, 0.29) is 6.04 Å². The zero-order chi connectivity index (χ0) is 8.97. The van der Waals surface area contributed by atoms with Crippen molar-refractivity contribution in [1.29, 1.82) is 0 Å². The molecule has 0 spiro atoms. The van der Waals surface area contributed by atoms with Crippen molar-refractivity contribution >= 4 is 0 Å². The molecule has 1 unspecified atom stereocenters. The van der Waals surface area contributed by atoms with Crippen LogP contribution in [0.25, 0.3) is 0 Å². The van der Waals surface area contributed by atoms with E-state index < -0.39 is 0 Å². The molecule has 4 nitrogen and oxygen atoms in total. The van der Waals surface area contributed by atoms with Crippen molar-refractivity contribution in [1.82, 2.24) is 15.2 Å². The van der Waals surface area contributed by atoms with Crippen LogP contribution in [-0.2, 0) is 6.42 Å². The molecular weight excluding hydrogens is 152 g/mol. The third-order valence-corrected chi connectivity index (χ3v) is 1.70. The van der Waals surface area contributed by atoms with E-state index in [1.807, 2.05) is 13.8 Å². The van der Waals surface area contributed by atoms with Gasteiger partial charge in [0.1, 0.15) is 5.82 Å². The maximum absolute atomic E-state index is 5.61. The zero-order valence-electron chi connectivity index (χ0n) is 7.67. The van der Waals surface area contributed by atoms with Crippen LogP contribution < -0.4 is 5.73 Å². The lowest BCUT2D eigenvalue weighted by Gasteiger charge is -2.01. The van der Waals surface area contributed by atoms with Crippen LogP contribution in [0.2, 0.25) is 0 Å². The summed E-state index contributed by atoms with van der Waals surface area (Å²) in [7, 11) is 0. The second kappa shape index (κ2) is 4.21. The molecule has 1 aromatic rings. The van der Waals surface area contributed by atoms with Gasteiger partial charge >= 0.3 is 0 Å². The van der Waals surface area contributed by atoms with E-state index in [2.05, 4.69) is 15.2 Å². The summed E-state index contributed by atoms with van der Waals surface area (Å²) >= 11 is 0. The van der Waals surface area contributed by atoms with Gasteiger partial charge in [0.15, 0.2) is 5.82 Å². The molecular formula is C8H16N4. The lowest BCUT2D eigenvalue weighted by molar-refractivity contribution is 0.614. The van der Waals surface area contributed by atoms with Gasteiger partial charge in [0.05, 0.1) is 0 Å². The molecule has 0 saturated heterocycles. The van der Waals surface area contributed by atoms with Crippen LogP contribution >= 0.6 is 0 Å². The van der Waals surface area contributed by atoms with Crippen LogP contribution in [0, 0.1) is 6.92 Å². The predicted octanol–water partition coefficient (Wildman–Crippen LogP) is 0.783. The minimum Gasteiger partial charge on any atom is -0.328 e. The molecule has 3 N–H and O–H groups in total. The number of aromatic amines is 1. The topological polar surface area (TPSA) is 67.6 Å². The largest absolute Gasteiger partial charge is 0.328 e. The fourth-order valence-electron chi connectivity index (χ4n) is 1.08. The molecule has 68 valence electrons. The molecule has 0 fully saturated rings. The lowest BCUT2D eigenvalue weighted by atomic mass is 10.1. The lowest BCUT2D eigenvalue weighted by Crippen LogP contribution is -2.14. The van der Waals surface area contributed by atoms with Gasteiger partial charge < -0.3 is 5.73 Å². The number of aryl methyl sites for hydroxylation is 2. The summed E-state index contributed by atoms with van der Waals surface area (Å²) in [6, 6.07) is 0.282. The van der Waals surface area contributed by atoms with Gasteiger partial charge in [-0.1, -0.05) is 0 Å². The van der Waals surface area contributed by atoms with Crippen LogP contribution in [0.1, 0.15) is 31.4 Å². The molecule has 1 atom stereocenters. The highest BCUT2D eigenvalue weighted by Gasteiger charge is 2.00. The molecule has 0 amide bonds. The summed E-state index contributed by atoms with van der Waals surface area (Å²) in [5.41, 5.74) is 5.61. The van der Waals surface area contributed by atoms with E-state index in [4.69, 9.17) is 5.73 Å². The Kier molecular flexibility index (Phi) is 3.22. The molecule has 0 aliphatic rings. The summed E-state index contributed by atoms with van der Waals surface area (Å²) < 4.78 is 0. The Morgan fingerprint density at radius 1 is 1.58 bits per heavy atom. The number of nitrogens with zero attached hydrogens (tertiary/aromatic N) is 2. The van der Waals surface area contributed by atoms with Crippen molar-refractivity contribution in [3.8, 4) is 0 Å². The average molecular weight is 168 g/mol. The standard InChI is InChI=1S/C8H16N4/c1-6(9)4-3-5-8-10-7(2)11-12-8/h6H,3-5,9H2,1-2H3,(H,10,11,12). The van der Waals surface area contributed by atoms with Gasteiger partial charge in [0, 0.05) is 12.5 Å². The van der Waals surface area contributed by atoms with Crippen molar-refractivity contribution in [3.63, 3.8) is 0 Å². The average Bonchev–Trinajstić information content (AvgIpc) is 2.35. The van der Waals surface area contributed by atoms with Gasteiger partial charge in [-0.05, 0) is 26.7 Å². The third-order valence-electron chi connectivity index (χ3n) is 1.70. The molecule has 0 aliphatic carbocycles. The highest BCUT2D eigenvalue weighted by molar-refractivity contribution is 4.87. The Bertz CT molecular complexity index is 229. The van der Waals surface area contributed by atoms with Crippen molar-refractivity contribution in [2.45, 2.75) is 39.2 Å². The number of nitrogens with two attached hydrogens (primary N) is 1. The van der Waals surface area contributed by atoms with Gasteiger partial charge in [0.25, 0.3) is 0 Å². The molecule has 0 aromatic carbocycles. The fraction of sp³-hybridized carbons (Fsp3) is 0.750. The number of nitrogens with one attached hydrogen (secondary N) is 1. The van der Waals surface area contributed by atoms with Gasteiger partial charge in [-0.2, -0.15) is 5.10 Å². The Morgan fingerprint density at radius 3 is 2.83 bits per heavy atom. The molecule has 12 heavy (non-hydrogen) atoms. The number of hydrogen-bond donors (Lipinski definition) is 2. The Morgan fingerprint density at radius 2 is 2.33 bits per heavy atom. The van der Waals surface area contributed by atoms with E-state index in [9.17, 15) is 0 Å². The minimum absolute atomic E-state index is 0.282. The number of aromatic nitrogens is 3. The Hall–Kier alpha value is -0.900. The van der Waals surface area contributed by atoms with E-state index in [1.54, 1.807) is 0 Å². The normalized spacial score (nSPS) is 13.2. The number of H-pyrrole nitrogens is 1. The first-order valence-corrected chi connectivity index (χ1v) is 4.32. The van der Waals surface area contributed by atoms with Crippen LogP contribution in [0.15, 0.2) is 0 Å². The molecule has 0 radical (unpaired) electrons. The predicted molar refractivity (Wildman–Crippen MR) is 47.7 cm³/mol. The second-order valence-corrected chi connectivity index (χ2v) is 3.21. The summed E-state index contributed by atoms with van der Waals surface area (Å²) in [6.45, 7) is 3.92. The molecule has 1 aromatic heterocycles. The van der Waals surface area contributed by atoms with Gasteiger partial charge in [-0.15, -0.1) is 0 Å². The van der Waals surface area contributed by atoms with Crippen molar-refractivity contribution in [2.24, 2.45) is 5.73 Å². The van der Waals surface area contributed by atoms with E-state index in [1.165, 1.54) is 0 Å². The van der Waals surface area contributed by atoms with Crippen LogP contribution in [0.4, 0.5) is 0 Å². The van der Waals surface area contributed by atoms with E-state index >= 15 is 0 Å². The zero-order valence-corrected chi connectivity index (χ0v) is 7.67.